The molecule has 0 fully saturated rings. The summed E-state index contributed by atoms with van der Waals surface area (Å²) in [5.74, 6) is 0.860. The van der Waals surface area contributed by atoms with E-state index in [1.165, 1.54) is 0 Å². The van der Waals surface area contributed by atoms with E-state index >= 15 is 0 Å². The van der Waals surface area contributed by atoms with Crippen molar-refractivity contribution in [2.24, 2.45) is 0 Å². The fourth-order valence-electron chi connectivity index (χ4n) is 2.57. The lowest BCUT2D eigenvalue weighted by Crippen LogP contribution is -2.25. The summed E-state index contributed by atoms with van der Waals surface area (Å²) in [5, 5.41) is 2.93. The van der Waals surface area contributed by atoms with Crippen molar-refractivity contribution in [3.05, 3.63) is 65.2 Å². The smallest absolute Gasteiger partial charge is 0.251 e. The van der Waals surface area contributed by atoms with Crippen LogP contribution >= 0.6 is 0 Å². The maximum absolute atomic E-state index is 12.1. The molecule has 0 radical (unpaired) electrons. The number of amides is 1. The van der Waals surface area contributed by atoms with E-state index in [4.69, 9.17) is 9.47 Å². The van der Waals surface area contributed by atoms with Gasteiger partial charge in [0.15, 0.2) is 0 Å². The predicted octanol–water partition coefficient (Wildman–Crippen LogP) is 2.96. The lowest BCUT2D eigenvalue weighted by Gasteiger charge is -2.07. The van der Waals surface area contributed by atoms with Crippen LogP contribution in [-0.2, 0) is 17.8 Å². The van der Waals surface area contributed by atoms with Crippen molar-refractivity contribution >= 4 is 5.91 Å². The van der Waals surface area contributed by atoms with Gasteiger partial charge in [0.05, 0.1) is 13.2 Å². The SMILES string of the molecule is O=C(NCCCOCc1ccccc1)c1ccc2c(c1)CCO2. The number of nitrogens with one attached hydrogen (secondary N) is 1. The molecule has 3 rings (SSSR count). The molecule has 1 aliphatic heterocycles. The molecule has 0 saturated carbocycles. The van der Waals surface area contributed by atoms with Gasteiger partial charge < -0.3 is 14.8 Å². The number of carbonyl (C=O) groups is 1. The molecule has 0 bridgehead atoms. The van der Waals surface area contributed by atoms with Gasteiger partial charge in [-0.1, -0.05) is 30.3 Å². The van der Waals surface area contributed by atoms with E-state index in [0.29, 0.717) is 31.9 Å². The number of hydrogen-bond acceptors (Lipinski definition) is 3. The molecule has 1 amide bonds. The highest BCUT2D eigenvalue weighted by Gasteiger charge is 2.14. The molecule has 0 saturated heterocycles. The Morgan fingerprint density at radius 1 is 1.17 bits per heavy atom. The maximum atomic E-state index is 12.1. The Morgan fingerprint density at radius 3 is 2.91 bits per heavy atom. The van der Waals surface area contributed by atoms with Crippen molar-refractivity contribution in [3.63, 3.8) is 0 Å². The second kappa shape index (κ2) is 7.79. The van der Waals surface area contributed by atoms with Gasteiger partial charge >= 0.3 is 0 Å². The van der Waals surface area contributed by atoms with Gasteiger partial charge in [0.2, 0.25) is 0 Å². The summed E-state index contributed by atoms with van der Waals surface area (Å²) < 4.78 is 11.0. The maximum Gasteiger partial charge on any atom is 0.251 e. The largest absolute Gasteiger partial charge is 0.493 e. The van der Waals surface area contributed by atoms with E-state index in [0.717, 1.165) is 29.7 Å². The molecule has 2 aromatic carbocycles. The quantitative estimate of drug-likeness (QED) is 0.800. The van der Waals surface area contributed by atoms with Crippen molar-refractivity contribution in [1.29, 1.82) is 0 Å². The molecular formula is C19H21NO3. The normalized spacial score (nSPS) is 12.5. The average molecular weight is 311 g/mol. The van der Waals surface area contributed by atoms with Gasteiger partial charge in [-0.2, -0.15) is 0 Å². The van der Waals surface area contributed by atoms with Crippen LogP contribution in [0.5, 0.6) is 5.75 Å². The molecule has 0 atom stereocenters. The summed E-state index contributed by atoms with van der Waals surface area (Å²) in [5.41, 5.74) is 2.97. The zero-order chi connectivity index (χ0) is 15.9. The van der Waals surface area contributed by atoms with Gasteiger partial charge in [-0.15, -0.1) is 0 Å². The summed E-state index contributed by atoms with van der Waals surface area (Å²) in [4.78, 5) is 12.1. The fourth-order valence-corrected chi connectivity index (χ4v) is 2.57. The summed E-state index contributed by atoms with van der Waals surface area (Å²) >= 11 is 0. The summed E-state index contributed by atoms with van der Waals surface area (Å²) in [6.45, 7) is 2.56. The highest BCUT2D eigenvalue weighted by molar-refractivity contribution is 5.94. The summed E-state index contributed by atoms with van der Waals surface area (Å²) in [6.07, 6.45) is 1.68. The second-order valence-electron chi connectivity index (χ2n) is 5.57. The first-order chi connectivity index (χ1) is 11.3. The molecule has 1 N–H and O–H groups in total. The van der Waals surface area contributed by atoms with E-state index in [1.807, 2.05) is 48.5 Å². The first-order valence-corrected chi connectivity index (χ1v) is 7.98. The lowest BCUT2D eigenvalue weighted by atomic mass is 10.1. The van der Waals surface area contributed by atoms with Crippen LogP contribution in [0.25, 0.3) is 0 Å². The number of fused-ring (bicyclic) bond motifs is 1. The minimum Gasteiger partial charge on any atom is -0.493 e. The molecule has 0 spiro atoms. The van der Waals surface area contributed by atoms with Crippen molar-refractivity contribution in [1.82, 2.24) is 5.32 Å². The van der Waals surface area contributed by atoms with Gasteiger partial charge in [-0.05, 0) is 35.7 Å². The molecule has 1 heterocycles. The third-order valence-electron chi connectivity index (χ3n) is 3.81. The minimum atomic E-state index is -0.0391. The highest BCUT2D eigenvalue weighted by Crippen LogP contribution is 2.25. The number of carbonyl (C=O) groups excluding carboxylic acids is 1. The van der Waals surface area contributed by atoms with Crippen molar-refractivity contribution in [2.45, 2.75) is 19.4 Å². The third kappa shape index (κ3) is 4.33. The van der Waals surface area contributed by atoms with Crippen LogP contribution in [0.4, 0.5) is 0 Å². The molecular weight excluding hydrogens is 290 g/mol. The van der Waals surface area contributed by atoms with E-state index in [-0.39, 0.29) is 5.91 Å². The molecule has 4 nitrogen and oxygen atoms in total. The number of ether oxygens (including phenoxy) is 2. The third-order valence-corrected chi connectivity index (χ3v) is 3.81. The van der Waals surface area contributed by atoms with E-state index in [9.17, 15) is 4.79 Å². The molecule has 23 heavy (non-hydrogen) atoms. The fraction of sp³-hybridized carbons (Fsp3) is 0.316. The molecule has 0 aliphatic carbocycles. The van der Waals surface area contributed by atoms with Crippen LogP contribution < -0.4 is 10.1 Å². The van der Waals surface area contributed by atoms with E-state index < -0.39 is 0 Å². The van der Waals surface area contributed by atoms with Crippen LogP contribution in [0.2, 0.25) is 0 Å². The Balaban J connectivity index is 1.35. The Bertz CT molecular complexity index is 655. The van der Waals surface area contributed by atoms with Crippen LogP contribution in [0.15, 0.2) is 48.5 Å². The van der Waals surface area contributed by atoms with Crippen molar-refractivity contribution in [3.8, 4) is 5.75 Å². The highest BCUT2D eigenvalue weighted by atomic mass is 16.5. The standard InChI is InChI=1S/C19H21NO3/c21-19(17-7-8-18-16(13-17)9-12-23-18)20-10-4-11-22-14-15-5-2-1-3-6-15/h1-3,5-8,13H,4,9-12,14H2,(H,20,21). The van der Waals surface area contributed by atoms with Gasteiger partial charge in [-0.25, -0.2) is 0 Å². The molecule has 120 valence electrons. The van der Waals surface area contributed by atoms with Crippen molar-refractivity contribution < 1.29 is 14.3 Å². The predicted molar refractivity (Wildman–Crippen MR) is 88.7 cm³/mol. The van der Waals surface area contributed by atoms with Crippen LogP contribution in [0.3, 0.4) is 0 Å². The monoisotopic (exact) mass is 311 g/mol. The van der Waals surface area contributed by atoms with Gasteiger partial charge in [0.25, 0.3) is 5.91 Å². The number of benzene rings is 2. The van der Waals surface area contributed by atoms with Crippen LogP contribution in [0, 0.1) is 0 Å². The van der Waals surface area contributed by atoms with Gasteiger partial charge in [0.1, 0.15) is 5.75 Å². The van der Waals surface area contributed by atoms with Gasteiger partial charge in [-0.3, -0.25) is 4.79 Å². The van der Waals surface area contributed by atoms with E-state index in [2.05, 4.69) is 5.32 Å². The second-order valence-corrected chi connectivity index (χ2v) is 5.57. The zero-order valence-electron chi connectivity index (χ0n) is 13.1. The number of hydrogen-bond donors (Lipinski definition) is 1. The zero-order valence-corrected chi connectivity index (χ0v) is 13.1. The molecule has 0 aromatic heterocycles. The molecule has 4 heteroatoms. The van der Waals surface area contributed by atoms with E-state index in [1.54, 1.807) is 0 Å². The molecule has 1 aliphatic rings. The van der Waals surface area contributed by atoms with Gasteiger partial charge in [0, 0.05) is 25.1 Å². The van der Waals surface area contributed by atoms with Crippen LogP contribution in [-0.4, -0.2) is 25.7 Å². The number of rotatable bonds is 7. The Kier molecular flexibility index (Phi) is 5.27. The molecule has 2 aromatic rings. The first-order valence-electron chi connectivity index (χ1n) is 7.98. The van der Waals surface area contributed by atoms with Crippen molar-refractivity contribution in [2.75, 3.05) is 19.8 Å². The summed E-state index contributed by atoms with van der Waals surface area (Å²) in [7, 11) is 0. The van der Waals surface area contributed by atoms with Crippen LogP contribution in [0.1, 0.15) is 27.9 Å². The summed E-state index contributed by atoms with van der Waals surface area (Å²) in [6, 6.07) is 15.7. The molecule has 0 unspecified atom stereocenters. The topological polar surface area (TPSA) is 47.6 Å². The average Bonchev–Trinajstić information content (AvgIpc) is 3.06. The minimum absolute atomic E-state index is 0.0391. The Hall–Kier alpha value is -2.33. The Labute approximate surface area is 136 Å². The Morgan fingerprint density at radius 2 is 2.04 bits per heavy atom. The lowest BCUT2D eigenvalue weighted by molar-refractivity contribution is 0.0934. The first kappa shape index (κ1) is 15.6.